The smallest absolute Gasteiger partial charge is 0.279 e. The number of anilines is 2. The third-order valence-corrected chi connectivity index (χ3v) is 10.1. The molecule has 12 nitrogen and oxygen atoms in total. The summed E-state index contributed by atoms with van der Waals surface area (Å²) in [5.41, 5.74) is 5.22. The summed E-state index contributed by atoms with van der Waals surface area (Å²) >= 11 is 0. The molecule has 2 amide bonds. The van der Waals surface area contributed by atoms with E-state index in [0.29, 0.717) is 47.8 Å². The van der Waals surface area contributed by atoms with Crippen molar-refractivity contribution >= 4 is 23.2 Å². The van der Waals surface area contributed by atoms with Gasteiger partial charge in [0.1, 0.15) is 0 Å². The minimum Gasteiger partial charge on any atom is -0.367 e. The molecule has 51 heavy (non-hydrogen) atoms. The summed E-state index contributed by atoms with van der Waals surface area (Å²) in [6.45, 7) is 6.05. The van der Waals surface area contributed by atoms with E-state index in [2.05, 4.69) is 48.6 Å². The van der Waals surface area contributed by atoms with E-state index in [-0.39, 0.29) is 23.8 Å². The van der Waals surface area contributed by atoms with E-state index in [9.17, 15) is 14.0 Å². The van der Waals surface area contributed by atoms with Crippen molar-refractivity contribution in [2.45, 2.75) is 102 Å². The van der Waals surface area contributed by atoms with Crippen LogP contribution in [0.2, 0.25) is 0 Å². The first kappa shape index (κ1) is 35.0. The molecule has 6 heterocycles. The summed E-state index contributed by atoms with van der Waals surface area (Å²) in [6, 6.07) is 18.0. The molecular formula is C38H47FN8O4. The Labute approximate surface area is 297 Å². The van der Waals surface area contributed by atoms with Gasteiger partial charge in [-0.15, -0.1) is 0 Å². The number of aromatic nitrogens is 4. The summed E-state index contributed by atoms with van der Waals surface area (Å²) in [7, 11) is 0. The molecule has 270 valence electrons. The number of amides is 2. The van der Waals surface area contributed by atoms with Gasteiger partial charge < -0.3 is 30.7 Å². The highest BCUT2D eigenvalue weighted by Crippen LogP contribution is 2.38. The van der Waals surface area contributed by atoms with Gasteiger partial charge in [0.25, 0.3) is 11.8 Å². The zero-order valence-corrected chi connectivity index (χ0v) is 29.1. The second-order valence-corrected chi connectivity index (χ2v) is 13.9. The van der Waals surface area contributed by atoms with Crippen LogP contribution in [0.5, 0.6) is 0 Å². The van der Waals surface area contributed by atoms with Crippen LogP contribution in [0.15, 0.2) is 54.6 Å². The van der Waals surface area contributed by atoms with Crippen LogP contribution in [-0.4, -0.2) is 69.6 Å². The summed E-state index contributed by atoms with van der Waals surface area (Å²) in [5, 5.41) is 26.0. The maximum Gasteiger partial charge on any atom is 0.279 e. The number of H-pyrrole nitrogens is 2. The van der Waals surface area contributed by atoms with Crippen molar-refractivity contribution in [3.05, 3.63) is 94.3 Å². The molecule has 4 aromatic rings. The summed E-state index contributed by atoms with van der Waals surface area (Å²) in [5.74, 6) is -1.30. The van der Waals surface area contributed by atoms with Crippen LogP contribution in [0, 0.1) is 5.82 Å². The van der Waals surface area contributed by atoms with E-state index >= 15 is 0 Å². The number of halogens is 1. The maximum atomic E-state index is 14.3. The van der Waals surface area contributed by atoms with Crippen molar-refractivity contribution in [3.63, 3.8) is 0 Å². The Morgan fingerprint density at radius 1 is 0.765 bits per heavy atom. The minimum absolute atomic E-state index is 0.0587. The lowest BCUT2D eigenvalue weighted by Gasteiger charge is -2.23. The molecule has 4 fully saturated rings. The van der Waals surface area contributed by atoms with E-state index in [4.69, 9.17) is 9.47 Å². The molecule has 13 heteroatoms. The monoisotopic (exact) mass is 698 g/mol. The number of aryl methyl sites for hydroxylation is 2. The average Bonchev–Trinajstić information content (AvgIpc) is 4.02. The number of benzene rings is 2. The summed E-state index contributed by atoms with van der Waals surface area (Å²) < 4.78 is 26.3. The van der Waals surface area contributed by atoms with Crippen LogP contribution < -0.4 is 21.3 Å². The number of morpholine rings is 2. The standard InChI is InChI=1S/C19H23FN4O2.C19H24N4O2/c1-2-3-4-14-16(20)17(24-23-14)19(25)22-12-7-5-11(6-8-12)18-15-9-13(26-18)10-21-15;1-2-3-4-14-9-17(23-22-14)19(24)21-13-7-5-12(6-8-13)18-16-10-15(25-18)11-20-16/h5-8,13,15,18,21H,2-4,9-10H2,1H3,(H,22,25)(H,23,24);5-9,15-16,18,20H,2-4,10-11H2,1H3,(H,21,24)(H,22,23)/t13-,15-,18+;15-,16-,18+/m11/s1. The largest absolute Gasteiger partial charge is 0.367 e. The van der Waals surface area contributed by atoms with Crippen LogP contribution in [-0.2, 0) is 22.3 Å². The van der Waals surface area contributed by atoms with E-state index in [0.717, 1.165) is 80.5 Å². The van der Waals surface area contributed by atoms with Crippen molar-refractivity contribution in [3.8, 4) is 0 Å². The van der Waals surface area contributed by atoms with Crippen LogP contribution >= 0.6 is 0 Å². The molecule has 6 atom stereocenters. The number of hydrogen-bond acceptors (Lipinski definition) is 8. The van der Waals surface area contributed by atoms with Gasteiger partial charge in [0.05, 0.1) is 30.1 Å². The number of rotatable bonds is 12. The molecule has 2 aromatic carbocycles. The van der Waals surface area contributed by atoms with Gasteiger partial charge in [0, 0.05) is 42.2 Å². The lowest BCUT2D eigenvalue weighted by molar-refractivity contribution is 0.0159. The molecule has 4 aliphatic heterocycles. The molecule has 0 spiro atoms. The second-order valence-electron chi connectivity index (χ2n) is 13.9. The molecule has 0 aliphatic carbocycles. The zero-order valence-electron chi connectivity index (χ0n) is 29.1. The Balaban J connectivity index is 0.000000159. The number of aromatic amines is 2. The molecule has 6 N–H and O–H groups in total. The Bertz CT molecular complexity index is 1790. The highest BCUT2D eigenvalue weighted by Gasteiger charge is 2.42. The Kier molecular flexibility index (Phi) is 10.9. The number of nitrogens with zero attached hydrogens (tertiary/aromatic N) is 2. The molecule has 4 aliphatic rings. The highest BCUT2D eigenvalue weighted by atomic mass is 19.1. The first-order chi connectivity index (χ1) is 24.9. The normalized spacial score (nSPS) is 24.4. The van der Waals surface area contributed by atoms with Crippen molar-refractivity contribution < 1.29 is 23.5 Å². The topological polar surface area (TPSA) is 158 Å². The number of fused-ring (bicyclic) bond motifs is 4. The zero-order chi connectivity index (χ0) is 35.3. The minimum atomic E-state index is -0.561. The number of unbranched alkanes of at least 4 members (excludes halogenated alkanes) is 2. The Morgan fingerprint density at radius 2 is 1.31 bits per heavy atom. The first-order valence-corrected chi connectivity index (χ1v) is 18.3. The number of nitrogens with one attached hydrogen (secondary N) is 6. The van der Waals surface area contributed by atoms with Gasteiger partial charge in [0.15, 0.2) is 17.2 Å². The predicted octanol–water partition coefficient (Wildman–Crippen LogP) is 5.75. The van der Waals surface area contributed by atoms with Crippen LogP contribution in [0.25, 0.3) is 0 Å². The van der Waals surface area contributed by atoms with E-state index < -0.39 is 11.7 Å². The van der Waals surface area contributed by atoms with Crippen molar-refractivity contribution in [2.75, 3.05) is 23.7 Å². The molecule has 4 saturated heterocycles. The van der Waals surface area contributed by atoms with Crippen molar-refractivity contribution in [1.29, 1.82) is 0 Å². The lowest BCUT2D eigenvalue weighted by atomic mass is 10.0. The van der Waals surface area contributed by atoms with Gasteiger partial charge >= 0.3 is 0 Å². The highest BCUT2D eigenvalue weighted by molar-refractivity contribution is 6.03. The lowest BCUT2D eigenvalue weighted by Crippen LogP contribution is -2.33. The fraction of sp³-hybridized carbons (Fsp3) is 0.474. The molecule has 8 rings (SSSR count). The fourth-order valence-electron chi connectivity index (χ4n) is 7.27. The van der Waals surface area contributed by atoms with Gasteiger partial charge in [-0.2, -0.15) is 10.2 Å². The van der Waals surface area contributed by atoms with Crippen LogP contribution in [0.3, 0.4) is 0 Å². The SMILES string of the molecule is CCCCc1[nH]nc(C(=O)Nc2ccc([C@@H]3O[C@H]4CN[C@@H]3C4)cc2)c1F.CCCCc1cc(C(=O)Nc2ccc([C@@H]3O[C@H]4CN[C@@H]3C4)cc2)n[nH]1. The van der Waals surface area contributed by atoms with Gasteiger partial charge in [-0.25, -0.2) is 4.39 Å². The average molecular weight is 699 g/mol. The number of carbonyl (C=O) groups excluding carboxylic acids is 2. The van der Waals surface area contributed by atoms with Crippen molar-refractivity contribution in [2.24, 2.45) is 0 Å². The van der Waals surface area contributed by atoms with E-state index in [1.807, 2.05) is 61.5 Å². The van der Waals surface area contributed by atoms with Crippen molar-refractivity contribution in [1.82, 2.24) is 31.0 Å². The molecule has 0 saturated carbocycles. The van der Waals surface area contributed by atoms with Crippen LogP contribution in [0.1, 0.15) is 108 Å². The summed E-state index contributed by atoms with van der Waals surface area (Å²) in [6.07, 6.45) is 8.43. The maximum absolute atomic E-state index is 14.3. The quantitative estimate of drug-likeness (QED) is 0.109. The molecule has 2 aromatic heterocycles. The first-order valence-electron chi connectivity index (χ1n) is 18.3. The third kappa shape index (κ3) is 8.06. The van der Waals surface area contributed by atoms with E-state index in [1.54, 1.807) is 0 Å². The predicted molar refractivity (Wildman–Crippen MR) is 191 cm³/mol. The molecule has 4 bridgehead atoms. The number of ether oxygens (including phenoxy) is 2. The third-order valence-electron chi connectivity index (χ3n) is 10.1. The number of hydrogen-bond donors (Lipinski definition) is 6. The van der Waals surface area contributed by atoms with Gasteiger partial charge in [0.2, 0.25) is 0 Å². The molecular weight excluding hydrogens is 651 g/mol. The molecule has 0 unspecified atom stereocenters. The molecule has 0 radical (unpaired) electrons. The fourth-order valence-corrected chi connectivity index (χ4v) is 7.27. The Morgan fingerprint density at radius 3 is 1.82 bits per heavy atom. The Hall–Kier alpha value is -4.43. The summed E-state index contributed by atoms with van der Waals surface area (Å²) in [4.78, 5) is 24.6. The van der Waals surface area contributed by atoms with Gasteiger partial charge in [-0.3, -0.25) is 19.8 Å². The van der Waals surface area contributed by atoms with Gasteiger partial charge in [-0.05, 0) is 80.0 Å². The van der Waals surface area contributed by atoms with E-state index in [1.165, 1.54) is 0 Å². The number of carbonyl (C=O) groups is 2. The van der Waals surface area contributed by atoms with Crippen LogP contribution in [0.4, 0.5) is 15.8 Å². The second kappa shape index (κ2) is 15.9. The van der Waals surface area contributed by atoms with Gasteiger partial charge in [-0.1, -0.05) is 51.0 Å².